The summed E-state index contributed by atoms with van der Waals surface area (Å²) in [4.78, 5) is 0. The lowest BCUT2D eigenvalue weighted by Gasteiger charge is -2.09. The van der Waals surface area contributed by atoms with Crippen molar-refractivity contribution in [3.05, 3.63) is 34.9 Å². The second-order valence-electron chi connectivity index (χ2n) is 4.40. The van der Waals surface area contributed by atoms with Crippen LogP contribution in [0.3, 0.4) is 0 Å². The molecule has 1 aliphatic heterocycles. The lowest BCUT2D eigenvalue weighted by atomic mass is 10.00. The van der Waals surface area contributed by atoms with E-state index in [1.807, 2.05) is 0 Å². The van der Waals surface area contributed by atoms with E-state index >= 15 is 0 Å². The van der Waals surface area contributed by atoms with Gasteiger partial charge in [-0.25, -0.2) is 0 Å². The second kappa shape index (κ2) is 6.73. The number of rotatable bonds is 7. The molecule has 0 saturated carbocycles. The maximum Gasteiger partial charge on any atom is 0.249 e. The maximum atomic E-state index is 10.4. The molecule has 5 heteroatoms. The Balaban J connectivity index is 1.97. The highest BCUT2D eigenvalue weighted by Crippen LogP contribution is 2.45. The standard InChI is InChI=1S/C16H16O5/c1-3-12-5-6-14(13(4-2)11-12)16(18)15(21-16)20-10-9-19-8-7-17/h1-2,5-6,11,15,17-18H,7-10H2. The summed E-state index contributed by atoms with van der Waals surface area (Å²) in [5, 5.41) is 18.9. The van der Waals surface area contributed by atoms with Gasteiger partial charge in [0.15, 0.2) is 0 Å². The molecule has 2 rings (SSSR count). The SMILES string of the molecule is C#Cc1ccc(C2(O)OC2OCCOCCO)c(C#C)c1. The molecule has 0 radical (unpaired) electrons. The number of aliphatic hydroxyl groups excluding tert-OH is 1. The van der Waals surface area contributed by atoms with Crippen LogP contribution in [0.5, 0.6) is 0 Å². The van der Waals surface area contributed by atoms with E-state index in [-0.39, 0.29) is 19.8 Å². The van der Waals surface area contributed by atoms with E-state index in [0.29, 0.717) is 23.3 Å². The van der Waals surface area contributed by atoms with Crippen LogP contribution < -0.4 is 0 Å². The zero-order valence-electron chi connectivity index (χ0n) is 11.4. The molecule has 0 aromatic heterocycles. The van der Waals surface area contributed by atoms with E-state index in [9.17, 15) is 5.11 Å². The van der Waals surface area contributed by atoms with E-state index < -0.39 is 12.1 Å². The van der Waals surface area contributed by atoms with E-state index in [1.165, 1.54) is 0 Å². The van der Waals surface area contributed by atoms with Crippen molar-refractivity contribution in [2.45, 2.75) is 12.1 Å². The molecule has 2 unspecified atom stereocenters. The zero-order chi connectivity index (χ0) is 15.3. The number of benzene rings is 1. The Bertz CT molecular complexity index is 583. The van der Waals surface area contributed by atoms with E-state index in [2.05, 4.69) is 11.8 Å². The molecule has 1 heterocycles. The summed E-state index contributed by atoms with van der Waals surface area (Å²) in [6.07, 6.45) is 9.95. The van der Waals surface area contributed by atoms with Gasteiger partial charge >= 0.3 is 0 Å². The van der Waals surface area contributed by atoms with E-state index in [4.69, 9.17) is 32.2 Å². The fourth-order valence-corrected chi connectivity index (χ4v) is 1.91. The zero-order valence-corrected chi connectivity index (χ0v) is 11.4. The van der Waals surface area contributed by atoms with Gasteiger partial charge in [0.2, 0.25) is 12.1 Å². The summed E-state index contributed by atoms with van der Waals surface area (Å²) < 4.78 is 15.6. The van der Waals surface area contributed by atoms with Gasteiger partial charge in [-0.2, -0.15) is 0 Å². The fourth-order valence-electron chi connectivity index (χ4n) is 1.91. The minimum absolute atomic E-state index is 0.0447. The van der Waals surface area contributed by atoms with Crippen LogP contribution in [0.4, 0.5) is 0 Å². The maximum absolute atomic E-state index is 10.4. The predicted octanol–water partition coefficient (Wildman–Crippen LogP) is 0.176. The average molecular weight is 288 g/mol. The molecule has 0 spiro atoms. The Hall–Kier alpha value is -1.86. The first-order valence-electron chi connectivity index (χ1n) is 6.44. The lowest BCUT2D eigenvalue weighted by molar-refractivity contribution is -0.00708. The van der Waals surface area contributed by atoms with E-state index in [1.54, 1.807) is 18.2 Å². The molecular weight excluding hydrogens is 272 g/mol. The van der Waals surface area contributed by atoms with Gasteiger partial charge in [-0.05, 0) is 12.1 Å². The minimum atomic E-state index is -1.55. The van der Waals surface area contributed by atoms with E-state index in [0.717, 1.165) is 0 Å². The average Bonchev–Trinajstić information content (AvgIpc) is 3.18. The van der Waals surface area contributed by atoms with Crippen molar-refractivity contribution in [2.75, 3.05) is 26.4 Å². The first-order valence-corrected chi connectivity index (χ1v) is 6.44. The smallest absolute Gasteiger partial charge is 0.249 e. The largest absolute Gasteiger partial charge is 0.394 e. The molecule has 1 saturated heterocycles. The summed E-state index contributed by atoms with van der Waals surface area (Å²) in [6, 6.07) is 4.95. The summed E-state index contributed by atoms with van der Waals surface area (Å²) in [5.41, 5.74) is 1.55. The highest BCUT2D eigenvalue weighted by Gasteiger charge is 2.59. The van der Waals surface area contributed by atoms with Crippen molar-refractivity contribution in [3.8, 4) is 24.7 Å². The Morgan fingerprint density at radius 3 is 2.71 bits per heavy atom. The third-order valence-electron chi connectivity index (χ3n) is 3.01. The number of terminal acetylenes is 2. The van der Waals surface area contributed by atoms with Crippen LogP contribution in [0.1, 0.15) is 16.7 Å². The lowest BCUT2D eigenvalue weighted by Crippen LogP contribution is -2.17. The van der Waals surface area contributed by atoms with Crippen LogP contribution in [-0.4, -0.2) is 42.9 Å². The van der Waals surface area contributed by atoms with Gasteiger partial charge in [0, 0.05) is 16.7 Å². The van der Waals surface area contributed by atoms with Gasteiger partial charge in [0.05, 0.1) is 26.4 Å². The molecule has 21 heavy (non-hydrogen) atoms. The van der Waals surface area contributed by atoms with Gasteiger partial charge in [0.1, 0.15) is 0 Å². The van der Waals surface area contributed by atoms with Gasteiger partial charge < -0.3 is 24.4 Å². The van der Waals surface area contributed by atoms with Crippen LogP contribution in [0.15, 0.2) is 18.2 Å². The van der Waals surface area contributed by atoms with Crippen molar-refractivity contribution < 1.29 is 24.4 Å². The van der Waals surface area contributed by atoms with Crippen molar-refractivity contribution in [1.82, 2.24) is 0 Å². The molecule has 0 aliphatic carbocycles. The Labute approximate surface area is 123 Å². The summed E-state index contributed by atoms with van der Waals surface area (Å²) >= 11 is 0. The number of aliphatic hydroxyl groups is 2. The van der Waals surface area contributed by atoms with Crippen LogP contribution in [0.2, 0.25) is 0 Å². The number of ether oxygens (including phenoxy) is 3. The normalized spacial score (nSPS) is 23.3. The Kier molecular flexibility index (Phi) is 4.98. The third kappa shape index (κ3) is 3.43. The minimum Gasteiger partial charge on any atom is -0.394 e. The summed E-state index contributed by atoms with van der Waals surface area (Å²) in [5.74, 6) is 3.41. The van der Waals surface area contributed by atoms with Crippen molar-refractivity contribution in [3.63, 3.8) is 0 Å². The molecule has 1 aromatic rings. The van der Waals surface area contributed by atoms with Gasteiger partial charge in [-0.15, -0.1) is 12.8 Å². The Morgan fingerprint density at radius 2 is 2.05 bits per heavy atom. The van der Waals surface area contributed by atoms with Crippen LogP contribution in [0.25, 0.3) is 0 Å². The van der Waals surface area contributed by atoms with Gasteiger partial charge in [-0.1, -0.05) is 17.9 Å². The van der Waals surface area contributed by atoms with Crippen molar-refractivity contribution >= 4 is 0 Å². The number of epoxide rings is 1. The first-order chi connectivity index (χ1) is 10.2. The monoisotopic (exact) mass is 288 g/mol. The molecular formula is C16H16O5. The fraction of sp³-hybridized carbons (Fsp3) is 0.375. The molecule has 5 nitrogen and oxygen atoms in total. The molecule has 110 valence electrons. The molecule has 2 atom stereocenters. The first kappa shape index (κ1) is 15.5. The molecule has 1 fully saturated rings. The Morgan fingerprint density at radius 1 is 1.24 bits per heavy atom. The second-order valence-corrected chi connectivity index (χ2v) is 4.40. The highest BCUT2D eigenvalue weighted by atomic mass is 16.9. The van der Waals surface area contributed by atoms with Crippen molar-refractivity contribution in [2.24, 2.45) is 0 Å². The van der Waals surface area contributed by atoms with Crippen LogP contribution in [0, 0.1) is 24.7 Å². The summed E-state index contributed by atoms with van der Waals surface area (Å²) in [7, 11) is 0. The molecule has 2 N–H and O–H groups in total. The topological polar surface area (TPSA) is 71.5 Å². The molecule has 0 amide bonds. The van der Waals surface area contributed by atoms with Gasteiger partial charge in [0.25, 0.3) is 0 Å². The van der Waals surface area contributed by atoms with Crippen molar-refractivity contribution in [1.29, 1.82) is 0 Å². The summed E-state index contributed by atoms with van der Waals surface area (Å²) in [6.45, 7) is 0.736. The highest BCUT2D eigenvalue weighted by molar-refractivity contribution is 5.49. The van der Waals surface area contributed by atoms with Crippen LogP contribution >= 0.6 is 0 Å². The van der Waals surface area contributed by atoms with Crippen LogP contribution in [-0.2, 0) is 20.0 Å². The number of hydrogen-bond donors (Lipinski definition) is 2. The van der Waals surface area contributed by atoms with Gasteiger partial charge in [-0.3, -0.25) is 0 Å². The molecule has 1 aromatic carbocycles. The third-order valence-corrected chi connectivity index (χ3v) is 3.01. The quantitative estimate of drug-likeness (QED) is 0.425. The number of hydrogen-bond acceptors (Lipinski definition) is 5. The predicted molar refractivity (Wildman–Crippen MR) is 74.9 cm³/mol. The molecule has 1 aliphatic rings. The molecule has 0 bridgehead atoms.